The first kappa shape index (κ1) is 10.9. The van der Waals surface area contributed by atoms with Gasteiger partial charge in [0.05, 0.1) is 7.11 Å². The van der Waals surface area contributed by atoms with Gasteiger partial charge in [0.2, 0.25) is 0 Å². The zero-order valence-corrected chi connectivity index (χ0v) is 9.19. The molecule has 0 bridgehead atoms. The molecule has 1 nitrogen and oxygen atoms in total. The van der Waals surface area contributed by atoms with Gasteiger partial charge in [0.1, 0.15) is 5.75 Å². The summed E-state index contributed by atoms with van der Waals surface area (Å²) in [5, 5.41) is 0. The Balaban J connectivity index is 2.85. The molecule has 0 aliphatic heterocycles. The molecular formula is C12H13ClO. The molecule has 0 fully saturated rings. The maximum atomic E-state index is 5.53. The van der Waals surface area contributed by atoms with Crippen LogP contribution in [0.3, 0.4) is 0 Å². The number of hydrogen-bond acceptors (Lipinski definition) is 1. The molecule has 0 saturated carbocycles. The van der Waals surface area contributed by atoms with Gasteiger partial charge in [-0.15, -0.1) is 11.6 Å². The van der Waals surface area contributed by atoms with E-state index in [1.165, 1.54) is 0 Å². The zero-order chi connectivity index (χ0) is 10.4. The van der Waals surface area contributed by atoms with Crippen LogP contribution in [-0.2, 0) is 0 Å². The molecule has 0 radical (unpaired) electrons. The highest BCUT2D eigenvalue weighted by Crippen LogP contribution is 2.15. The third-order valence-corrected chi connectivity index (χ3v) is 2.07. The molecule has 0 unspecified atom stereocenters. The predicted molar refractivity (Wildman–Crippen MR) is 59.9 cm³/mol. The van der Waals surface area contributed by atoms with Crippen molar-refractivity contribution in [3.63, 3.8) is 0 Å². The average Bonchev–Trinajstić information content (AvgIpc) is 2.20. The molecule has 2 heteroatoms. The van der Waals surface area contributed by atoms with E-state index in [1.807, 2.05) is 25.1 Å². The van der Waals surface area contributed by atoms with Crippen molar-refractivity contribution in [1.29, 1.82) is 0 Å². The highest BCUT2D eigenvalue weighted by Gasteiger charge is 1.96. The Kier molecular flexibility index (Phi) is 4.35. The number of methoxy groups -OCH3 is 1. The summed E-state index contributed by atoms with van der Waals surface area (Å²) in [5.41, 5.74) is 2.17. The molecule has 0 spiro atoms. The summed E-state index contributed by atoms with van der Waals surface area (Å²) in [5.74, 6) is 7.53. The summed E-state index contributed by atoms with van der Waals surface area (Å²) >= 11 is 5.53. The standard InChI is InChI=1S/C12H13ClO/c1-10-9-12(14-2)7-6-11(10)5-3-4-8-13/h6-7,9H,4,8H2,1-2H3. The summed E-state index contributed by atoms with van der Waals surface area (Å²) < 4.78 is 5.11. The lowest BCUT2D eigenvalue weighted by Crippen LogP contribution is -1.86. The quantitative estimate of drug-likeness (QED) is 0.537. The van der Waals surface area contributed by atoms with Crippen LogP contribution in [0.15, 0.2) is 18.2 Å². The van der Waals surface area contributed by atoms with Crippen molar-refractivity contribution in [1.82, 2.24) is 0 Å². The molecule has 1 aromatic rings. The second-order valence-corrected chi connectivity index (χ2v) is 3.30. The molecule has 0 aliphatic rings. The number of alkyl halides is 1. The molecule has 1 aromatic carbocycles. The van der Waals surface area contributed by atoms with E-state index in [1.54, 1.807) is 7.11 Å². The summed E-state index contributed by atoms with van der Waals surface area (Å²) in [4.78, 5) is 0. The van der Waals surface area contributed by atoms with Gasteiger partial charge in [0.25, 0.3) is 0 Å². The second-order valence-electron chi connectivity index (χ2n) is 2.92. The number of rotatable bonds is 2. The van der Waals surface area contributed by atoms with Crippen LogP contribution in [0.5, 0.6) is 5.75 Å². The lowest BCUT2D eigenvalue weighted by Gasteiger charge is -2.02. The molecule has 0 aromatic heterocycles. The van der Waals surface area contributed by atoms with Gasteiger partial charge < -0.3 is 4.74 Å². The largest absolute Gasteiger partial charge is 0.497 e. The molecule has 0 atom stereocenters. The van der Waals surface area contributed by atoms with E-state index in [-0.39, 0.29) is 0 Å². The van der Waals surface area contributed by atoms with Crippen LogP contribution in [0, 0.1) is 18.8 Å². The van der Waals surface area contributed by atoms with Crippen LogP contribution in [0.4, 0.5) is 0 Å². The van der Waals surface area contributed by atoms with Gasteiger partial charge in [-0.2, -0.15) is 0 Å². The minimum Gasteiger partial charge on any atom is -0.497 e. The van der Waals surface area contributed by atoms with Crippen molar-refractivity contribution in [2.75, 3.05) is 13.0 Å². The molecule has 0 aliphatic carbocycles. The minimum atomic E-state index is 0.586. The molecule has 0 amide bonds. The summed E-state index contributed by atoms with van der Waals surface area (Å²) in [6.07, 6.45) is 0.729. The van der Waals surface area contributed by atoms with Crippen LogP contribution >= 0.6 is 11.6 Å². The van der Waals surface area contributed by atoms with E-state index in [9.17, 15) is 0 Å². The third-order valence-electron chi connectivity index (χ3n) is 1.88. The smallest absolute Gasteiger partial charge is 0.119 e. The van der Waals surface area contributed by atoms with Gasteiger partial charge in [0.15, 0.2) is 0 Å². The van der Waals surface area contributed by atoms with Gasteiger partial charge >= 0.3 is 0 Å². The maximum absolute atomic E-state index is 5.53. The van der Waals surface area contributed by atoms with E-state index in [4.69, 9.17) is 16.3 Å². The Bertz CT molecular complexity index is 360. The second kappa shape index (κ2) is 5.57. The monoisotopic (exact) mass is 208 g/mol. The maximum Gasteiger partial charge on any atom is 0.119 e. The Morgan fingerprint density at radius 1 is 1.43 bits per heavy atom. The van der Waals surface area contributed by atoms with Crippen molar-refractivity contribution >= 4 is 11.6 Å². The van der Waals surface area contributed by atoms with Crippen molar-refractivity contribution in [2.45, 2.75) is 13.3 Å². The first-order chi connectivity index (χ1) is 6.77. The van der Waals surface area contributed by atoms with Crippen molar-refractivity contribution < 1.29 is 4.74 Å². The number of halogens is 1. The Morgan fingerprint density at radius 2 is 2.21 bits per heavy atom. The lowest BCUT2D eigenvalue weighted by atomic mass is 10.1. The van der Waals surface area contributed by atoms with E-state index in [0.29, 0.717) is 5.88 Å². The van der Waals surface area contributed by atoms with Gasteiger partial charge in [-0.05, 0) is 30.7 Å². The fourth-order valence-electron chi connectivity index (χ4n) is 1.11. The fraction of sp³-hybridized carbons (Fsp3) is 0.333. The number of ether oxygens (including phenoxy) is 1. The summed E-state index contributed by atoms with van der Waals surface area (Å²) in [7, 11) is 1.66. The Morgan fingerprint density at radius 3 is 2.79 bits per heavy atom. The lowest BCUT2D eigenvalue weighted by molar-refractivity contribution is 0.414. The van der Waals surface area contributed by atoms with E-state index in [0.717, 1.165) is 23.3 Å². The molecule has 1 rings (SSSR count). The highest BCUT2D eigenvalue weighted by molar-refractivity contribution is 6.18. The SMILES string of the molecule is COc1ccc(C#CCCCl)c(C)c1. The number of aryl methyl sites for hydroxylation is 1. The summed E-state index contributed by atoms with van der Waals surface area (Å²) in [6.45, 7) is 2.02. The third kappa shape index (κ3) is 2.97. The molecule has 14 heavy (non-hydrogen) atoms. The highest BCUT2D eigenvalue weighted by atomic mass is 35.5. The van der Waals surface area contributed by atoms with Crippen LogP contribution in [-0.4, -0.2) is 13.0 Å². The van der Waals surface area contributed by atoms with E-state index < -0.39 is 0 Å². The fourth-order valence-corrected chi connectivity index (χ4v) is 1.20. The molecule has 74 valence electrons. The van der Waals surface area contributed by atoms with Gasteiger partial charge in [-0.3, -0.25) is 0 Å². The molecule has 0 heterocycles. The first-order valence-corrected chi connectivity index (χ1v) is 5.01. The van der Waals surface area contributed by atoms with Crippen molar-refractivity contribution in [3.8, 4) is 17.6 Å². The molecule has 0 N–H and O–H groups in total. The predicted octanol–water partition coefficient (Wildman–Crippen LogP) is 2.98. The van der Waals surface area contributed by atoms with Crippen molar-refractivity contribution in [2.24, 2.45) is 0 Å². The van der Waals surface area contributed by atoms with E-state index in [2.05, 4.69) is 11.8 Å². The molecular weight excluding hydrogens is 196 g/mol. The topological polar surface area (TPSA) is 9.23 Å². The minimum absolute atomic E-state index is 0.586. The van der Waals surface area contributed by atoms with E-state index >= 15 is 0 Å². The van der Waals surface area contributed by atoms with Crippen molar-refractivity contribution in [3.05, 3.63) is 29.3 Å². The van der Waals surface area contributed by atoms with Gasteiger partial charge in [-0.1, -0.05) is 11.8 Å². The number of benzene rings is 1. The molecule has 0 saturated heterocycles. The normalized spacial score (nSPS) is 9.07. The van der Waals surface area contributed by atoms with Crippen LogP contribution < -0.4 is 4.74 Å². The van der Waals surface area contributed by atoms with Crippen LogP contribution in [0.2, 0.25) is 0 Å². The first-order valence-electron chi connectivity index (χ1n) is 4.47. The summed E-state index contributed by atoms with van der Waals surface area (Å²) in [6, 6.07) is 5.86. The van der Waals surface area contributed by atoms with Gasteiger partial charge in [-0.25, -0.2) is 0 Å². The average molecular weight is 209 g/mol. The Hall–Kier alpha value is -1.13. The van der Waals surface area contributed by atoms with Crippen LogP contribution in [0.25, 0.3) is 0 Å². The zero-order valence-electron chi connectivity index (χ0n) is 8.43. The number of hydrogen-bond donors (Lipinski definition) is 0. The van der Waals surface area contributed by atoms with Crippen LogP contribution in [0.1, 0.15) is 17.5 Å². The van der Waals surface area contributed by atoms with Gasteiger partial charge in [0, 0.05) is 17.9 Å². The Labute approximate surface area is 90.0 Å².